The zero-order valence-electron chi connectivity index (χ0n) is 15.1. The number of ether oxygens (including phenoxy) is 2. The Labute approximate surface area is 149 Å². The summed E-state index contributed by atoms with van der Waals surface area (Å²) >= 11 is 0. The summed E-state index contributed by atoms with van der Waals surface area (Å²) in [6.45, 7) is 2.63. The van der Waals surface area contributed by atoms with Gasteiger partial charge in [0, 0.05) is 0 Å². The van der Waals surface area contributed by atoms with Gasteiger partial charge in [-0.2, -0.15) is 5.26 Å². The molecule has 4 N–H and O–H groups in total. The van der Waals surface area contributed by atoms with Crippen LogP contribution in [0.4, 0.5) is 0 Å². The maximum Gasteiger partial charge on any atom is 0.308 e. The summed E-state index contributed by atoms with van der Waals surface area (Å²) in [5.41, 5.74) is -2.11. The number of fused-ring (bicyclic) bond motifs is 1. The van der Waals surface area contributed by atoms with E-state index in [4.69, 9.17) is 16.3 Å². The molecule has 3 rings (SSSR count). The number of esters is 1. The molecule has 0 spiro atoms. The highest BCUT2D eigenvalue weighted by Gasteiger charge is 2.59. The van der Waals surface area contributed by atoms with Crippen LogP contribution in [0, 0.1) is 22.7 Å². The zero-order chi connectivity index (χ0) is 19.9. The minimum absolute atomic E-state index is 0.0370. The third-order valence-electron chi connectivity index (χ3n) is 4.30. The van der Waals surface area contributed by atoms with E-state index in [0.29, 0.717) is 0 Å². The van der Waals surface area contributed by atoms with Crippen LogP contribution < -0.4 is 5.49 Å². The van der Waals surface area contributed by atoms with Gasteiger partial charge in [0.1, 0.15) is 30.1 Å². The van der Waals surface area contributed by atoms with Crippen LogP contribution in [0.2, 0.25) is 0 Å². The molecule has 0 saturated carbocycles. The second-order valence-corrected chi connectivity index (χ2v) is 6.28. The van der Waals surface area contributed by atoms with Crippen molar-refractivity contribution in [1.29, 1.82) is 10.7 Å². The molecular weight excluding hydrogens is 342 g/mol. The van der Waals surface area contributed by atoms with E-state index in [1.807, 2.05) is 6.07 Å². The molecule has 1 aliphatic heterocycles. The summed E-state index contributed by atoms with van der Waals surface area (Å²) in [7, 11) is 0. The van der Waals surface area contributed by atoms with Gasteiger partial charge in [-0.25, -0.2) is 4.98 Å². The van der Waals surface area contributed by atoms with Gasteiger partial charge in [0.15, 0.2) is 11.6 Å². The van der Waals surface area contributed by atoms with Crippen molar-refractivity contribution in [3.63, 3.8) is 0 Å². The van der Waals surface area contributed by atoms with E-state index in [2.05, 4.69) is 10.1 Å². The van der Waals surface area contributed by atoms with Gasteiger partial charge in [-0.15, -0.1) is 0 Å². The Morgan fingerprint density at radius 2 is 2.46 bits per heavy atom. The van der Waals surface area contributed by atoms with E-state index in [-0.39, 0.29) is 22.7 Å². The molecule has 138 valence electrons. The van der Waals surface area contributed by atoms with Gasteiger partial charge >= 0.3 is 5.97 Å². The van der Waals surface area contributed by atoms with Gasteiger partial charge in [-0.05, 0) is 12.1 Å². The van der Waals surface area contributed by atoms with Gasteiger partial charge in [0.2, 0.25) is 5.60 Å². The maximum absolute atomic E-state index is 12.0. The first-order chi connectivity index (χ1) is 12.8. The summed E-state index contributed by atoms with van der Waals surface area (Å²) in [5, 5.41) is 40.8. The van der Waals surface area contributed by atoms with Crippen LogP contribution in [-0.4, -0.2) is 55.7 Å². The van der Waals surface area contributed by atoms with Crippen LogP contribution in [0.15, 0.2) is 18.4 Å². The third-order valence-corrected chi connectivity index (χ3v) is 4.30. The topological polar surface area (TPSA) is 157 Å². The Morgan fingerprint density at radius 3 is 3.08 bits per heavy atom. The Morgan fingerprint density at radius 1 is 1.73 bits per heavy atom. The van der Waals surface area contributed by atoms with Gasteiger partial charge in [-0.3, -0.25) is 19.8 Å². The molecule has 0 aliphatic carbocycles. The van der Waals surface area contributed by atoms with E-state index in [0.717, 1.165) is 0 Å². The molecule has 26 heavy (non-hydrogen) atoms. The van der Waals surface area contributed by atoms with Crippen LogP contribution in [-0.2, 0) is 19.9 Å². The molecule has 1 fully saturated rings. The lowest BCUT2D eigenvalue weighted by Gasteiger charge is -2.25. The predicted octanol–water partition coefficient (Wildman–Crippen LogP) is -0.819. The first-order valence-electron chi connectivity index (χ1n) is 8.46. The number of aromatic amines is 1. The van der Waals surface area contributed by atoms with Crippen molar-refractivity contribution in [3.8, 4) is 6.07 Å². The number of aliphatic hydroxyl groups is 2. The summed E-state index contributed by atoms with van der Waals surface area (Å²) in [6, 6.07) is 3.04. The van der Waals surface area contributed by atoms with Crippen molar-refractivity contribution in [2.75, 3.05) is 6.61 Å². The molecule has 0 radical (unpaired) electrons. The molecule has 1 aliphatic rings. The minimum atomic E-state index is -2.03. The number of hydrogen-bond acceptors (Lipinski definition) is 8. The zero-order valence-corrected chi connectivity index (χ0v) is 14.1. The average Bonchev–Trinajstić information content (AvgIpc) is 3.12. The van der Waals surface area contributed by atoms with Crippen molar-refractivity contribution in [1.82, 2.24) is 14.6 Å². The van der Waals surface area contributed by atoms with E-state index < -0.39 is 42.4 Å². The fourth-order valence-corrected chi connectivity index (χ4v) is 2.90. The number of aromatic nitrogens is 3. The molecule has 10 nitrogen and oxygen atoms in total. The third kappa shape index (κ3) is 2.57. The lowest BCUT2D eigenvalue weighted by molar-refractivity contribution is -0.160. The molecule has 0 amide bonds. The molecule has 2 aromatic rings. The molecule has 0 bridgehead atoms. The highest BCUT2D eigenvalue weighted by Crippen LogP contribution is 2.41. The van der Waals surface area contributed by atoms with E-state index >= 15 is 0 Å². The molecule has 0 aromatic carbocycles. The number of nitrogens with one attached hydrogen (secondary N) is 2. The minimum Gasteiger partial charge on any atom is -0.456 e. The Bertz CT molecular complexity index is 980. The first kappa shape index (κ1) is 16.7. The Kier molecular flexibility index (Phi) is 4.20. The van der Waals surface area contributed by atoms with Crippen LogP contribution in [0.25, 0.3) is 5.52 Å². The van der Waals surface area contributed by atoms with E-state index in [1.54, 1.807) is 13.8 Å². The van der Waals surface area contributed by atoms with Crippen molar-refractivity contribution >= 4 is 11.5 Å². The summed E-state index contributed by atoms with van der Waals surface area (Å²) in [4.78, 5) is 15.7. The molecule has 4 atom stereocenters. The summed E-state index contributed by atoms with van der Waals surface area (Å²) in [5.74, 6) is -1.09. The molecule has 1 saturated heterocycles. The Balaban J connectivity index is 2.14. The number of H-pyrrole nitrogens is 1. The SMILES string of the molecule is [2H]c1cc([C@]2(C#N)O[C@H](CO)[C@@H](OC(=O)C(C)C)[C@H]2O)n2[nH]cnc(=N)c12. The largest absolute Gasteiger partial charge is 0.456 e. The number of aliphatic hydroxyl groups excluding tert-OH is 2. The molecule has 10 heteroatoms. The normalized spacial score (nSPS) is 28.9. The maximum atomic E-state index is 12.0. The summed E-state index contributed by atoms with van der Waals surface area (Å²) in [6.07, 6.45) is -2.85. The Hall–Kier alpha value is -2.74. The highest BCUT2D eigenvalue weighted by atomic mass is 16.6. The van der Waals surface area contributed by atoms with Crippen molar-refractivity contribution < 1.29 is 25.9 Å². The monoisotopic (exact) mass is 362 g/mol. The number of carbonyl (C=O) groups excluding carboxylic acids is 1. The predicted molar refractivity (Wildman–Crippen MR) is 85.4 cm³/mol. The summed E-state index contributed by atoms with van der Waals surface area (Å²) < 4.78 is 20.2. The van der Waals surface area contributed by atoms with Crippen LogP contribution >= 0.6 is 0 Å². The molecule has 2 aromatic heterocycles. The van der Waals surface area contributed by atoms with Gasteiger partial charge in [0.25, 0.3) is 0 Å². The van der Waals surface area contributed by atoms with E-state index in [1.165, 1.54) is 16.9 Å². The molecular formula is C16H19N5O5. The lowest BCUT2D eigenvalue weighted by Crippen LogP contribution is -2.43. The van der Waals surface area contributed by atoms with Gasteiger partial charge < -0.3 is 19.7 Å². The van der Waals surface area contributed by atoms with Gasteiger partial charge in [-0.1, -0.05) is 13.8 Å². The second kappa shape index (κ2) is 6.53. The number of nitriles is 1. The van der Waals surface area contributed by atoms with Crippen molar-refractivity contribution in [3.05, 3.63) is 29.6 Å². The lowest BCUT2D eigenvalue weighted by atomic mass is 9.92. The number of hydrogen-bond donors (Lipinski definition) is 4. The first-order valence-corrected chi connectivity index (χ1v) is 7.96. The fraction of sp³-hybridized carbons (Fsp3) is 0.500. The standard InChI is InChI=1S/C16H19N5O5/c1-8(2)15(24)25-12-10(5-22)26-16(6-17,13(12)23)11-4-3-9-14(18)19-7-20-21(9)11/h3-4,7-8,10,12-13,22-23H,5H2,1-2H3,(H2,18,19,20)/t10-,12-,13-,16+/m1/s1/i3D. The van der Waals surface area contributed by atoms with Crippen molar-refractivity contribution in [2.45, 2.75) is 37.8 Å². The average molecular weight is 362 g/mol. The van der Waals surface area contributed by atoms with Crippen LogP contribution in [0.5, 0.6) is 0 Å². The highest BCUT2D eigenvalue weighted by molar-refractivity contribution is 5.71. The molecule has 3 heterocycles. The van der Waals surface area contributed by atoms with Gasteiger partial charge in [0.05, 0.1) is 19.6 Å². The smallest absolute Gasteiger partial charge is 0.308 e. The number of carbonyl (C=O) groups is 1. The molecule has 0 unspecified atom stereocenters. The van der Waals surface area contributed by atoms with Crippen LogP contribution in [0.3, 0.4) is 0 Å². The number of nitrogens with zero attached hydrogens (tertiary/aromatic N) is 3. The fourth-order valence-electron chi connectivity index (χ4n) is 2.90. The van der Waals surface area contributed by atoms with Crippen LogP contribution in [0.1, 0.15) is 20.9 Å². The number of rotatable bonds is 4. The van der Waals surface area contributed by atoms with E-state index in [9.17, 15) is 20.3 Å². The quantitative estimate of drug-likeness (QED) is 0.518. The van der Waals surface area contributed by atoms with Crippen molar-refractivity contribution in [2.24, 2.45) is 5.92 Å². The second-order valence-electron chi connectivity index (χ2n) is 6.28.